The molecule has 2 rings (SSSR count). The second-order valence-electron chi connectivity index (χ2n) is 4.88. The molecule has 6 heteroatoms. The van der Waals surface area contributed by atoms with Crippen molar-refractivity contribution in [3.8, 4) is 0 Å². The van der Waals surface area contributed by atoms with Gasteiger partial charge in [0.15, 0.2) is 0 Å². The van der Waals surface area contributed by atoms with Gasteiger partial charge in [-0.3, -0.25) is 4.31 Å². The SMILES string of the molecule is Cc1ccccc1N(C)S(=O)(=O)c1cc(N)c(C)c(F)c1. The van der Waals surface area contributed by atoms with E-state index >= 15 is 0 Å². The van der Waals surface area contributed by atoms with E-state index in [1.165, 1.54) is 20.0 Å². The summed E-state index contributed by atoms with van der Waals surface area (Å²) in [5, 5.41) is 0. The van der Waals surface area contributed by atoms with E-state index in [1.54, 1.807) is 12.1 Å². The summed E-state index contributed by atoms with van der Waals surface area (Å²) in [7, 11) is -2.43. The summed E-state index contributed by atoms with van der Waals surface area (Å²) < 4.78 is 40.1. The van der Waals surface area contributed by atoms with Crippen molar-refractivity contribution in [1.29, 1.82) is 0 Å². The molecule has 0 saturated carbocycles. The molecule has 2 aromatic carbocycles. The maximum atomic E-state index is 13.8. The van der Waals surface area contributed by atoms with E-state index in [2.05, 4.69) is 0 Å². The third-order valence-corrected chi connectivity index (χ3v) is 5.22. The van der Waals surface area contributed by atoms with Gasteiger partial charge in [0.25, 0.3) is 10.0 Å². The Kier molecular flexibility index (Phi) is 3.91. The van der Waals surface area contributed by atoms with E-state index in [0.717, 1.165) is 15.9 Å². The lowest BCUT2D eigenvalue weighted by molar-refractivity contribution is 0.588. The van der Waals surface area contributed by atoms with E-state index in [4.69, 9.17) is 5.73 Å². The molecule has 0 aromatic heterocycles. The normalized spacial score (nSPS) is 11.4. The molecule has 21 heavy (non-hydrogen) atoms. The van der Waals surface area contributed by atoms with Crippen LogP contribution in [0.5, 0.6) is 0 Å². The predicted octanol–water partition coefficient (Wildman–Crippen LogP) is 2.85. The smallest absolute Gasteiger partial charge is 0.264 e. The van der Waals surface area contributed by atoms with E-state index in [0.29, 0.717) is 5.69 Å². The molecular weight excluding hydrogens is 291 g/mol. The highest BCUT2D eigenvalue weighted by Gasteiger charge is 2.24. The lowest BCUT2D eigenvalue weighted by Crippen LogP contribution is -2.27. The molecule has 0 aliphatic carbocycles. The molecular formula is C15H17FN2O2S. The van der Waals surface area contributed by atoms with Crippen molar-refractivity contribution < 1.29 is 12.8 Å². The van der Waals surface area contributed by atoms with Crippen LogP contribution in [-0.4, -0.2) is 15.5 Å². The Morgan fingerprint density at radius 2 is 1.76 bits per heavy atom. The number of para-hydroxylation sites is 1. The summed E-state index contributed by atoms with van der Waals surface area (Å²) in [5.41, 5.74) is 7.37. The second kappa shape index (κ2) is 5.37. The average molecular weight is 308 g/mol. The van der Waals surface area contributed by atoms with Crippen LogP contribution in [0.1, 0.15) is 11.1 Å². The largest absolute Gasteiger partial charge is 0.398 e. The second-order valence-corrected chi connectivity index (χ2v) is 6.85. The molecule has 0 aliphatic rings. The van der Waals surface area contributed by atoms with Crippen LogP contribution in [0.3, 0.4) is 0 Å². The van der Waals surface area contributed by atoms with Crippen molar-refractivity contribution in [2.24, 2.45) is 0 Å². The van der Waals surface area contributed by atoms with Gasteiger partial charge in [-0.2, -0.15) is 0 Å². The number of rotatable bonds is 3. The summed E-state index contributed by atoms with van der Waals surface area (Å²) in [6.07, 6.45) is 0. The van der Waals surface area contributed by atoms with Gasteiger partial charge in [-0.15, -0.1) is 0 Å². The van der Waals surface area contributed by atoms with Crippen molar-refractivity contribution in [2.75, 3.05) is 17.1 Å². The molecule has 4 nitrogen and oxygen atoms in total. The first-order valence-electron chi connectivity index (χ1n) is 6.35. The monoisotopic (exact) mass is 308 g/mol. The van der Waals surface area contributed by atoms with Gasteiger partial charge < -0.3 is 5.73 Å². The molecule has 0 spiro atoms. The molecule has 0 aliphatic heterocycles. The molecule has 0 atom stereocenters. The Balaban J connectivity index is 2.55. The lowest BCUT2D eigenvalue weighted by Gasteiger charge is -2.21. The van der Waals surface area contributed by atoms with Crippen LogP contribution in [0, 0.1) is 19.7 Å². The molecule has 0 heterocycles. The maximum absolute atomic E-state index is 13.8. The Hall–Kier alpha value is -2.08. The van der Waals surface area contributed by atoms with E-state index < -0.39 is 15.8 Å². The van der Waals surface area contributed by atoms with Crippen molar-refractivity contribution >= 4 is 21.4 Å². The quantitative estimate of drug-likeness (QED) is 0.887. The zero-order valence-corrected chi connectivity index (χ0v) is 12.9. The molecule has 0 unspecified atom stereocenters. The standard InChI is InChI=1S/C15H17FN2O2S/c1-10-6-4-5-7-15(10)18(3)21(19,20)12-8-13(16)11(2)14(17)9-12/h4-9H,17H2,1-3H3. The van der Waals surface area contributed by atoms with Gasteiger partial charge in [0.2, 0.25) is 0 Å². The Labute approximate surface area is 124 Å². The van der Waals surface area contributed by atoms with Crippen LogP contribution < -0.4 is 10.0 Å². The average Bonchev–Trinajstić information content (AvgIpc) is 2.44. The van der Waals surface area contributed by atoms with E-state index in [1.807, 2.05) is 19.1 Å². The molecule has 0 bridgehead atoms. The molecule has 112 valence electrons. The predicted molar refractivity (Wildman–Crippen MR) is 82.3 cm³/mol. The van der Waals surface area contributed by atoms with Gasteiger partial charge in [0.1, 0.15) is 5.82 Å². The summed E-state index contributed by atoms with van der Waals surface area (Å²) in [4.78, 5) is -0.158. The number of nitrogens with two attached hydrogens (primary N) is 1. The fraction of sp³-hybridized carbons (Fsp3) is 0.200. The number of nitrogen functional groups attached to an aromatic ring is 1. The van der Waals surface area contributed by atoms with Gasteiger partial charge in [0.05, 0.1) is 10.6 Å². The van der Waals surface area contributed by atoms with Gasteiger partial charge in [0, 0.05) is 18.3 Å². The first-order valence-corrected chi connectivity index (χ1v) is 7.79. The fourth-order valence-electron chi connectivity index (χ4n) is 2.03. The summed E-state index contributed by atoms with van der Waals surface area (Å²) in [5.74, 6) is -0.633. The zero-order valence-electron chi connectivity index (χ0n) is 12.1. The highest BCUT2D eigenvalue weighted by molar-refractivity contribution is 7.92. The van der Waals surface area contributed by atoms with E-state index in [9.17, 15) is 12.8 Å². The number of sulfonamides is 1. The van der Waals surface area contributed by atoms with Crippen molar-refractivity contribution in [1.82, 2.24) is 0 Å². The van der Waals surface area contributed by atoms with Crippen LogP contribution in [0.25, 0.3) is 0 Å². The highest BCUT2D eigenvalue weighted by Crippen LogP contribution is 2.27. The molecule has 0 radical (unpaired) electrons. The number of hydrogen-bond acceptors (Lipinski definition) is 3. The Morgan fingerprint density at radius 3 is 2.33 bits per heavy atom. The highest BCUT2D eigenvalue weighted by atomic mass is 32.2. The van der Waals surface area contributed by atoms with Crippen LogP contribution in [-0.2, 0) is 10.0 Å². The number of aryl methyl sites for hydroxylation is 1. The Morgan fingerprint density at radius 1 is 1.14 bits per heavy atom. The van der Waals surface area contributed by atoms with Crippen LogP contribution >= 0.6 is 0 Å². The van der Waals surface area contributed by atoms with Gasteiger partial charge >= 0.3 is 0 Å². The summed E-state index contributed by atoms with van der Waals surface area (Å²) >= 11 is 0. The topological polar surface area (TPSA) is 63.4 Å². The molecule has 0 saturated heterocycles. The van der Waals surface area contributed by atoms with Crippen LogP contribution in [0.15, 0.2) is 41.3 Å². The number of hydrogen-bond donors (Lipinski definition) is 1. The molecule has 0 amide bonds. The summed E-state index contributed by atoms with van der Waals surface area (Å²) in [6.45, 7) is 3.32. The van der Waals surface area contributed by atoms with Gasteiger partial charge in [-0.1, -0.05) is 18.2 Å². The van der Waals surface area contributed by atoms with Crippen LogP contribution in [0.4, 0.5) is 15.8 Å². The third kappa shape index (κ3) is 2.71. The van der Waals surface area contributed by atoms with Gasteiger partial charge in [-0.05, 0) is 37.6 Å². The fourth-order valence-corrected chi connectivity index (χ4v) is 3.34. The molecule has 2 aromatic rings. The zero-order chi connectivity index (χ0) is 15.8. The first-order chi connectivity index (χ1) is 9.75. The molecule has 0 fully saturated rings. The van der Waals surface area contributed by atoms with Crippen molar-refractivity contribution in [3.63, 3.8) is 0 Å². The number of anilines is 2. The van der Waals surface area contributed by atoms with Crippen LogP contribution in [0.2, 0.25) is 0 Å². The minimum Gasteiger partial charge on any atom is -0.398 e. The third-order valence-electron chi connectivity index (χ3n) is 3.47. The number of halogens is 1. The minimum atomic E-state index is -3.86. The van der Waals surface area contributed by atoms with Gasteiger partial charge in [-0.25, -0.2) is 12.8 Å². The summed E-state index contributed by atoms with van der Waals surface area (Å²) in [6, 6.07) is 9.35. The van der Waals surface area contributed by atoms with E-state index in [-0.39, 0.29) is 16.1 Å². The minimum absolute atomic E-state index is 0.117. The number of benzene rings is 2. The number of nitrogens with zero attached hydrogens (tertiary/aromatic N) is 1. The first kappa shape index (κ1) is 15.3. The molecule has 2 N–H and O–H groups in total. The Bertz CT molecular complexity index is 765. The van der Waals surface area contributed by atoms with Crippen molar-refractivity contribution in [2.45, 2.75) is 18.7 Å². The van der Waals surface area contributed by atoms with Crippen molar-refractivity contribution in [3.05, 3.63) is 53.3 Å². The maximum Gasteiger partial charge on any atom is 0.264 e. The lowest BCUT2D eigenvalue weighted by atomic mass is 10.2.